The molecule has 1 aromatic carbocycles. The zero-order valence-corrected chi connectivity index (χ0v) is 19.1. The number of amides is 2. The number of carbonyl (C=O) groups is 3. The van der Waals surface area contributed by atoms with E-state index in [9.17, 15) is 14.4 Å². The molecular weight excluding hydrogens is 414 g/mol. The molecule has 9 heteroatoms. The van der Waals surface area contributed by atoms with E-state index in [0.717, 1.165) is 31.6 Å². The van der Waals surface area contributed by atoms with Gasteiger partial charge in [0.2, 0.25) is 11.8 Å². The van der Waals surface area contributed by atoms with E-state index in [1.165, 1.54) is 18.7 Å². The third kappa shape index (κ3) is 5.94. The first kappa shape index (κ1) is 23.0. The molecule has 2 aromatic rings. The number of thioether (sulfide) groups is 1. The van der Waals surface area contributed by atoms with Gasteiger partial charge < -0.3 is 14.8 Å². The largest absolute Gasteiger partial charge is 0.335 e. The van der Waals surface area contributed by atoms with Gasteiger partial charge in [0.25, 0.3) is 0 Å². The molecule has 3 rings (SSSR count). The molecule has 2 amide bonds. The number of rotatable bonds is 8. The summed E-state index contributed by atoms with van der Waals surface area (Å²) in [5.74, 6) is 0.738. The highest BCUT2D eigenvalue weighted by molar-refractivity contribution is 8.00. The molecule has 1 atom stereocenters. The molecule has 1 N–H and O–H groups in total. The van der Waals surface area contributed by atoms with Crippen LogP contribution in [0.1, 0.15) is 62.6 Å². The zero-order chi connectivity index (χ0) is 22.4. The number of carbonyl (C=O) groups excluding carboxylic acids is 3. The van der Waals surface area contributed by atoms with Gasteiger partial charge in [-0.1, -0.05) is 18.2 Å². The highest BCUT2D eigenvalue weighted by atomic mass is 32.2. The van der Waals surface area contributed by atoms with Gasteiger partial charge in [0.05, 0.1) is 11.8 Å². The summed E-state index contributed by atoms with van der Waals surface area (Å²) in [6, 6.07) is 6.83. The van der Waals surface area contributed by atoms with Crippen molar-refractivity contribution in [3.05, 3.63) is 35.7 Å². The lowest BCUT2D eigenvalue weighted by Gasteiger charge is -2.20. The summed E-state index contributed by atoms with van der Waals surface area (Å²) in [4.78, 5) is 38.2. The Morgan fingerprint density at radius 1 is 1.16 bits per heavy atom. The van der Waals surface area contributed by atoms with Gasteiger partial charge in [0.15, 0.2) is 16.8 Å². The Morgan fingerprint density at radius 3 is 2.58 bits per heavy atom. The van der Waals surface area contributed by atoms with E-state index in [0.29, 0.717) is 35.9 Å². The molecule has 31 heavy (non-hydrogen) atoms. The van der Waals surface area contributed by atoms with Crippen molar-refractivity contribution in [1.82, 2.24) is 19.7 Å². The molecule has 0 aliphatic carbocycles. The van der Waals surface area contributed by atoms with Gasteiger partial charge in [0, 0.05) is 30.8 Å². The van der Waals surface area contributed by atoms with Crippen LogP contribution in [0.3, 0.4) is 0 Å². The number of nitrogens with zero attached hydrogens (tertiary/aromatic N) is 4. The van der Waals surface area contributed by atoms with Crippen molar-refractivity contribution in [2.24, 2.45) is 0 Å². The molecule has 0 saturated carbocycles. The van der Waals surface area contributed by atoms with Gasteiger partial charge in [-0.15, -0.1) is 10.2 Å². The highest BCUT2D eigenvalue weighted by Gasteiger charge is 2.23. The first-order valence-corrected chi connectivity index (χ1v) is 11.6. The third-order valence-corrected chi connectivity index (χ3v) is 6.40. The minimum Gasteiger partial charge on any atom is -0.335 e. The number of hydrogen-bond donors (Lipinski definition) is 1. The van der Waals surface area contributed by atoms with Crippen LogP contribution in [0.15, 0.2) is 29.4 Å². The Labute approximate surface area is 186 Å². The quantitative estimate of drug-likeness (QED) is 0.495. The van der Waals surface area contributed by atoms with E-state index in [1.807, 2.05) is 23.3 Å². The van der Waals surface area contributed by atoms with E-state index in [1.54, 1.807) is 24.3 Å². The SMILES string of the molecule is CCn1c(CN2CCCCCC2=O)nnc1SC(C)C(=O)Nc1ccc(C(C)=O)cc1. The Kier molecular flexibility index (Phi) is 7.84. The van der Waals surface area contributed by atoms with Gasteiger partial charge in [-0.2, -0.15) is 0 Å². The molecule has 0 spiro atoms. The first-order chi connectivity index (χ1) is 14.9. The molecule has 1 unspecified atom stereocenters. The van der Waals surface area contributed by atoms with Gasteiger partial charge in [-0.25, -0.2) is 0 Å². The predicted octanol–water partition coefficient (Wildman–Crippen LogP) is 3.52. The molecule has 0 radical (unpaired) electrons. The standard InChI is InChI=1S/C22H29N5O3S/c1-4-27-19(14-26-13-7-5-6-8-20(26)29)24-25-22(27)31-16(3)21(30)23-18-11-9-17(10-12-18)15(2)28/h9-12,16H,4-8,13-14H2,1-3H3,(H,23,30). The number of benzene rings is 1. The van der Waals surface area contributed by atoms with E-state index < -0.39 is 5.25 Å². The lowest BCUT2D eigenvalue weighted by molar-refractivity contribution is -0.131. The van der Waals surface area contributed by atoms with Gasteiger partial charge in [0.1, 0.15) is 0 Å². The molecule has 1 aromatic heterocycles. The van der Waals surface area contributed by atoms with Crippen molar-refractivity contribution >= 4 is 35.0 Å². The lowest BCUT2D eigenvalue weighted by Crippen LogP contribution is -2.31. The van der Waals surface area contributed by atoms with Crippen LogP contribution < -0.4 is 5.32 Å². The Morgan fingerprint density at radius 2 is 1.90 bits per heavy atom. The molecule has 1 saturated heterocycles. The molecule has 166 valence electrons. The molecule has 1 fully saturated rings. The summed E-state index contributed by atoms with van der Waals surface area (Å²) in [6.45, 7) is 7.18. The number of hydrogen-bond acceptors (Lipinski definition) is 6. The summed E-state index contributed by atoms with van der Waals surface area (Å²) in [7, 11) is 0. The topological polar surface area (TPSA) is 97.2 Å². The van der Waals surface area contributed by atoms with E-state index >= 15 is 0 Å². The van der Waals surface area contributed by atoms with Crippen LogP contribution in [-0.4, -0.2) is 49.1 Å². The Balaban J connectivity index is 1.63. The van der Waals surface area contributed by atoms with Crippen molar-refractivity contribution in [1.29, 1.82) is 0 Å². The van der Waals surface area contributed by atoms with Crippen molar-refractivity contribution < 1.29 is 14.4 Å². The molecule has 1 aliphatic heterocycles. The average Bonchev–Trinajstić information content (AvgIpc) is 3.01. The van der Waals surface area contributed by atoms with Gasteiger partial charge in [-0.3, -0.25) is 14.4 Å². The smallest absolute Gasteiger partial charge is 0.237 e. The highest BCUT2D eigenvalue weighted by Crippen LogP contribution is 2.24. The number of Topliss-reactive ketones (excluding diaryl/α,β-unsaturated/α-hetero) is 1. The number of nitrogens with one attached hydrogen (secondary N) is 1. The average molecular weight is 444 g/mol. The minimum absolute atomic E-state index is 0.0154. The number of ketones is 1. The van der Waals surface area contributed by atoms with E-state index in [-0.39, 0.29) is 17.6 Å². The number of likely N-dealkylation sites (tertiary alicyclic amines) is 1. The normalized spacial score (nSPS) is 15.5. The molecular formula is C22H29N5O3S. The van der Waals surface area contributed by atoms with Crippen molar-refractivity contribution in [2.45, 2.75) is 70.0 Å². The van der Waals surface area contributed by atoms with Crippen LogP contribution in [0.25, 0.3) is 0 Å². The van der Waals surface area contributed by atoms with E-state index in [4.69, 9.17) is 0 Å². The second kappa shape index (κ2) is 10.6. The maximum atomic E-state index is 12.6. The number of anilines is 1. The van der Waals surface area contributed by atoms with Crippen LogP contribution in [-0.2, 0) is 22.7 Å². The van der Waals surface area contributed by atoms with Crippen LogP contribution in [0.5, 0.6) is 0 Å². The summed E-state index contributed by atoms with van der Waals surface area (Å²) >= 11 is 1.34. The summed E-state index contributed by atoms with van der Waals surface area (Å²) in [6.07, 6.45) is 3.62. The fraction of sp³-hybridized carbons (Fsp3) is 0.500. The van der Waals surface area contributed by atoms with Crippen LogP contribution in [0.2, 0.25) is 0 Å². The molecule has 1 aliphatic rings. The first-order valence-electron chi connectivity index (χ1n) is 10.7. The second-order valence-electron chi connectivity index (χ2n) is 7.65. The predicted molar refractivity (Wildman–Crippen MR) is 120 cm³/mol. The minimum atomic E-state index is -0.394. The monoisotopic (exact) mass is 443 g/mol. The third-order valence-electron chi connectivity index (χ3n) is 5.32. The molecule has 0 bridgehead atoms. The van der Waals surface area contributed by atoms with Crippen LogP contribution in [0, 0.1) is 0 Å². The van der Waals surface area contributed by atoms with Crippen molar-refractivity contribution in [3.8, 4) is 0 Å². The summed E-state index contributed by atoms with van der Waals surface area (Å²) in [5.41, 5.74) is 1.24. The summed E-state index contributed by atoms with van der Waals surface area (Å²) in [5, 5.41) is 11.7. The van der Waals surface area contributed by atoms with Gasteiger partial charge >= 0.3 is 0 Å². The molecule has 2 heterocycles. The van der Waals surface area contributed by atoms with Crippen molar-refractivity contribution in [2.75, 3.05) is 11.9 Å². The van der Waals surface area contributed by atoms with Gasteiger partial charge in [-0.05, 0) is 57.9 Å². The van der Waals surface area contributed by atoms with Crippen LogP contribution in [0.4, 0.5) is 5.69 Å². The maximum Gasteiger partial charge on any atom is 0.237 e. The summed E-state index contributed by atoms with van der Waals surface area (Å²) < 4.78 is 1.97. The number of aromatic nitrogens is 3. The lowest BCUT2D eigenvalue weighted by atomic mass is 10.1. The molecule has 8 nitrogen and oxygen atoms in total. The Hall–Kier alpha value is -2.68. The Bertz CT molecular complexity index is 941. The van der Waals surface area contributed by atoms with Crippen LogP contribution >= 0.6 is 11.8 Å². The fourth-order valence-corrected chi connectivity index (χ4v) is 4.39. The second-order valence-corrected chi connectivity index (χ2v) is 8.96. The van der Waals surface area contributed by atoms with Crippen molar-refractivity contribution in [3.63, 3.8) is 0 Å². The fourth-order valence-electron chi connectivity index (χ4n) is 3.46. The zero-order valence-electron chi connectivity index (χ0n) is 18.3. The van der Waals surface area contributed by atoms with E-state index in [2.05, 4.69) is 15.5 Å². The maximum absolute atomic E-state index is 12.6.